The molecule has 1 heterocycles. The van der Waals surface area contributed by atoms with Gasteiger partial charge in [-0.05, 0) is 36.1 Å². The predicted octanol–water partition coefficient (Wildman–Crippen LogP) is 4.42. The van der Waals surface area contributed by atoms with E-state index in [4.69, 9.17) is 4.74 Å². The van der Waals surface area contributed by atoms with E-state index in [1.54, 1.807) is 0 Å². The Morgan fingerprint density at radius 1 is 1.42 bits per heavy atom. The van der Waals surface area contributed by atoms with Gasteiger partial charge in [-0.3, -0.25) is 0 Å². The van der Waals surface area contributed by atoms with Gasteiger partial charge in [0.1, 0.15) is 5.75 Å². The first-order chi connectivity index (χ1) is 9.12. The number of hydrogen-bond donors (Lipinski definition) is 1. The first-order valence-electron chi connectivity index (χ1n) is 7.19. The van der Waals surface area contributed by atoms with Crippen molar-refractivity contribution >= 4 is 17.4 Å². The third-order valence-corrected chi connectivity index (χ3v) is 4.83. The lowest BCUT2D eigenvalue weighted by Gasteiger charge is -2.39. The second-order valence-electron chi connectivity index (χ2n) is 5.89. The van der Waals surface area contributed by atoms with Crippen LogP contribution in [0.5, 0.6) is 5.75 Å². The van der Waals surface area contributed by atoms with Crippen molar-refractivity contribution in [2.45, 2.75) is 39.7 Å². The molecule has 1 atom stereocenters. The maximum absolute atomic E-state index is 5.69. The van der Waals surface area contributed by atoms with Crippen LogP contribution < -0.4 is 10.1 Å². The van der Waals surface area contributed by atoms with Gasteiger partial charge in [0, 0.05) is 23.5 Å². The van der Waals surface area contributed by atoms with Gasteiger partial charge >= 0.3 is 0 Å². The van der Waals surface area contributed by atoms with Crippen LogP contribution in [-0.4, -0.2) is 24.2 Å². The highest BCUT2D eigenvalue weighted by molar-refractivity contribution is 7.99. The van der Waals surface area contributed by atoms with E-state index in [1.165, 1.54) is 23.6 Å². The van der Waals surface area contributed by atoms with Gasteiger partial charge in [-0.25, -0.2) is 0 Å². The van der Waals surface area contributed by atoms with Crippen molar-refractivity contribution in [3.8, 4) is 5.75 Å². The summed E-state index contributed by atoms with van der Waals surface area (Å²) in [6.45, 7) is 7.64. The van der Waals surface area contributed by atoms with Gasteiger partial charge in [-0.2, -0.15) is 11.8 Å². The summed E-state index contributed by atoms with van der Waals surface area (Å²) < 4.78 is 5.69. The first-order valence-corrected chi connectivity index (χ1v) is 8.34. The van der Waals surface area contributed by atoms with E-state index in [0.29, 0.717) is 11.5 Å². The van der Waals surface area contributed by atoms with E-state index < -0.39 is 0 Å². The third kappa shape index (κ3) is 4.07. The molecular formula is C16H25NOS. The summed E-state index contributed by atoms with van der Waals surface area (Å²) in [6.07, 6.45) is 2.32. The van der Waals surface area contributed by atoms with Crippen molar-refractivity contribution < 1.29 is 4.74 Å². The Kier molecular flexibility index (Phi) is 5.03. The molecule has 0 bridgehead atoms. The van der Waals surface area contributed by atoms with Crippen molar-refractivity contribution in [2.24, 2.45) is 5.41 Å². The second-order valence-corrected chi connectivity index (χ2v) is 7.04. The average molecular weight is 279 g/mol. The molecule has 2 nitrogen and oxygen atoms in total. The molecule has 106 valence electrons. The molecule has 0 aromatic heterocycles. The fourth-order valence-electron chi connectivity index (χ4n) is 2.27. The lowest BCUT2D eigenvalue weighted by atomic mass is 9.82. The zero-order chi connectivity index (χ0) is 13.7. The van der Waals surface area contributed by atoms with Crippen LogP contribution in [0.15, 0.2) is 24.3 Å². The molecule has 1 unspecified atom stereocenters. The summed E-state index contributed by atoms with van der Waals surface area (Å²) in [7, 11) is 0. The highest BCUT2D eigenvalue weighted by Gasteiger charge is 2.32. The van der Waals surface area contributed by atoms with Crippen molar-refractivity contribution in [3.63, 3.8) is 0 Å². The number of anilines is 1. The second kappa shape index (κ2) is 6.56. The van der Waals surface area contributed by atoms with Crippen molar-refractivity contribution in [2.75, 3.05) is 23.4 Å². The van der Waals surface area contributed by atoms with Crippen LogP contribution in [0.1, 0.15) is 33.6 Å². The van der Waals surface area contributed by atoms with E-state index in [2.05, 4.69) is 44.3 Å². The Morgan fingerprint density at radius 3 is 3.00 bits per heavy atom. The van der Waals surface area contributed by atoms with Crippen LogP contribution in [0.2, 0.25) is 0 Å². The Balaban J connectivity index is 2.01. The molecule has 1 aliphatic rings. The molecule has 0 aliphatic carbocycles. The largest absolute Gasteiger partial charge is 0.494 e. The van der Waals surface area contributed by atoms with Gasteiger partial charge in [0.15, 0.2) is 0 Å². The molecule has 1 N–H and O–H groups in total. The van der Waals surface area contributed by atoms with Gasteiger partial charge in [0.2, 0.25) is 0 Å². The van der Waals surface area contributed by atoms with E-state index >= 15 is 0 Å². The molecule has 19 heavy (non-hydrogen) atoms. The summed E-state index contributed by atoms with van der Waals surface area (Å²) in [5.41, 5.74) is 1.54. The molecular weight excluding hydrogens is 254 g/mol. The number of ether oxygens (including phenoxy) is 1. The topological polar surface area (TPSA) is 21.3 Å². The quantitative estimate of drug-likeness (QED) is 0.862. The van der Waals surface area contributed by atoms with Crippen LogP contribution in [0.25, 0.3) is 0 Å². The summed E-state index contributed by atoms with van der Waals surface area (Å²) in [6, 6.07) is 8.88. The average Bonchev–Trinajstić information content (AvgIpc) is 2.39. The lowest BCUT2D eigenvalue weighted by Crippen LogP contribution is -2.41. The van der Waals surface area contributed by atoms with Crippen LogP contribution >= 0.6 is 11.8 Å². The van der Waals surface area contributed by atoms with Gasteiger partial charge in [0.05, 0.1) is 6.61 Å². The standard InChI is InChI=1S/C16H25NOS/c1-4-9-18-14-7-5-6-13(11-14)17-15-12-19-10-8-16(15,2)3/h5-7,11,15,17H,4,8-10,12H2,1-3H3. The number of rotatable bonds is 5. The first kappa shape index (κ1) is 14.6. The van der Waals surface area contributed by atoms with Gasteiger partial charge in [0.25, 0.3) is 0 Å². The molecule has 1 aromatic rings. The summed E-state index contributed by atoms with van der Waals surface area (Å²) in [5.74, 6) is 3.44. The highest BCUT2D eigenvalue weighted by atomic mass is 32.2. The maximum atomic E-state index is 5.69. The minimum Gasteiger partial charge on any atom is -0.494 e. The van der Waals surface area contributed by atoms with Gasteiger partial charge in [-0.1, -0.05) is 26.8 Å². The summed E-state index contributed by atoms with van der Waals surface area (Å²) in [4.78, 5) is 0. The molecule has 1 saturated heterocycles. The Hall–Kier alpha value is -0.830. The van der Waals surface area contributed by atoms with Crippen molar-refractivity contribution in [3.05, 3.63) is 24.3 Å². The summed E-state index contributed by atoms with van der Waals surface area (Å²) >= 11 is 2.05. The Bertz CT molecular complexity index is 405. The number of hydrogen-bond acceptors (Lipinski definition) is 3. The Morgan fingerprint density at radius 2 is 2.26 bits per heavy atom. The smallest absolute Gasteiger partial charge is 0.121 e. The molecule has 1 fully saturated rings. The zero-order valence-electron chi connectivity index (χ0n) is 12.2. The van der Waals surface area contributed by atoms with Crippen LogP contribution in [-0.2, 0) is 0 Å². The molecule has 1 aromatic carbocycles. The molecule has 0 amide bonds. The lowest BCUT2D eigenvalue weighted by molar-refractivity contribution is 0.304. The normalized spacial score (nSPS) is 21.9. The van der Waals surface area contributed by atoms with E-state index in [-0.39, 0.29) is 0 Å². The van der Waals surface area contributed by atoms with Crippen LogP contribution in [0.4, 0.5) is 5.69 Å². The monoisotopic (exact) mass is 279 g/mol. The minimum absolute atomic E-state index is 0.367. The fraction of sp³-hybridized carbons (Fsp3) is 0.625. The minimum atomic E-state index is 0.367. The number of thioether (sulfide) groups is 1. The maximum Gasteiger partial charge on any atom is 0.121 e. The van der Waals surface area contributed by atoms with Crippen LogP contribution in [0, 0.1) is 5.41 Å². The zero-order valence-corrected chi connectivity index (χ0v) is 13.1. The fourth-order valence-corrected chi connectivity index (χ4v) is 3.88. The third-order valence-electron chi connectivity index (χ3n) is 3.77. The number of benzene rings is 1. The highest BCUT2D eigenvalue weighted by Crippen LogP contribution is 2.36. The molecule has 1 aliphatic heterocycles. The molecule has 0 radical (unpaired) electrons. The molecule has 2 rings (SSSR count). The van der Waals surface area contributed by atoms with Crippen LogP contribution in [0.3, 0.4) is 0 Å². The predicted molar refractivity (Wildman–Crippen MR) is 85.4 cm³/mol. The van der Waals surface area contributed by atoms with E-state index in [1.807, 2.05) is 17.8 Å². The van der Waals surface area contributed by atoms with E-state index in [0.717, 1.165) is 18.8 Å². The van der Waals surface area contributed by atoms with E-state index in [9.17, 15) is 0 Å². The van der Waals surface area contributed by atoms with Crippen molar-refractivity contribution in [1.82, 2.24) is 0 Å². The molecule has 0 saturated carbocycles. The van der Waals surface area contributed by atoms with Crippen molar-refractivity contribution in [1.29, 1.82) is 0 Å². The summed E-state index contributed by atoms with van der Waals surface area (Å²) in [5, 5.41) is 3.69. The number of nitrogens with one attached hydrogen (secondary N) is 1. The van der Waals surface area contributed by atoms with Gasteiger partial charge in [-0.15, -0.1) is 0 Å². The SMILES string of the molecule is CCCOc1cccc(NC2CSCCC2(C)C)c1. The Labute approximate surface area is 121 Å². The molecule has 0 spiro atoms. The van der Waals surface area contributed by atoms with Gasteiger partial charge < -0.3 is 10.1 Å². The molecule has 3 heteroatoms.